The highest BCUT2D eigenvalue weighted by Crippen LogP contribution is 2.28. The van der Waals surface area contributed by atoms with E-state index in [2.05, 4.69) is 0 Å². The molecule has 0 radical (unpaired) electrons. The van der Waals surface area contributed by atoms with Crippen LogP contribution in [-0.4, -0.2) is 30.3 Å². The average molecular weight is 286 g/mol. The number of rotatable bonds is 6. The molecule has 0 saturated carbocycles. The van der Waals surface area contributed by atoms with Gasteiger partial charge in [0.2, 0.25) is 0 Å². The highest BCUT2D eigenvalue weighted by molar-refractivity contribution is 5.72. The lowest BCUT2D eigenvalue weighted by Gasteiger charge is -2.28. The van der Waals surface area contributed by atoms with Crippen LogP contribution < -0.4 is 4.90 Å². The molecule has 0 aliphatic rings. The third-order valence-corrected chi connectivity index (χ3v) is 2.71. The fraction of sp³-hybridized carbons (Fsp3) is 0.385. The Morgan fingerprint density at radius 2 is 1.95 bits per heavy atom. The van der Waals surface area contributed by atoms with Crippen LogP contribution in [0, 0.1) is 17.2 Å². The van der Waals surface area contributed by atoms with Crippen LogP contribution in [0.15, 0.2) is 30.3 Å². The molecule has 0 bridgehead atoms. The van der Waals surface area contributed by atoms with Gasteiger partial charge in [0.05, 0.1) is 12.5 Å². The highest BCUT2D eigenvalue weighted by Gasteiger charge is 2.46. The Kier molecular flexibility index (Phi) is 5.38. The van der Waals surface area contributed by atoms with Crippen LogP contribution in [0.1, 0.15) is 6.42 Å². The van der Waals surface area contributed by atoms with Crippen LogP contribution in [0.25, 0.3) is 0 Å². The van der Waals surface area contributed by atoms with Gasteiger partial charge in [-0.1, -0.05) is 18.2 Å². The molecule has 1 atom stereocenters. The van der Waals surface area contributed by atoms with Crippen LogP contribution in [0.2, 0.25) is 0 Å². The van der Waals surface area contributed by atoms with Gasteiger partial charge >= 0.3 is 12.1 Å². The minimum absolute atomic E-state index is 0.0130. The van der Waals surface area contributed by atoms with Crippen LogP contribution in [0.3, 0.4) is 0 Å². The largest absolute Gasteiger partial charge is 0.481 e. The smallest absolute Gasteiger partial charge is 0.403 e. The summed E-state index contributed by atoms with van der Waals surface area (Å²) in [4.78, 5) is 12.0. The number of para-hydroxylation sites is 1. The number of aliphatic carboxylic acids is 1. The molecular formula is C13H13F3N2O2. The zero-order valence-corrected chi connectivity index (χ0v) is 10.5. The summed E-state index contributed by atoms with van der Waals surface area (Å²) in [5.41, 5.74) is 0.457. The van der Waals surface area contributed by atoms with Gasteiger partial charge in [0.15, 0.2) is 5.92 Å². The summed E-state index contributed by atoms with van der Waals surface area (Å²) in [6.07, 6.45) is -4.81. The van der Waals surface area contributed by atoms with Crippen molar-refractivity contribution in [3.05, 3.63) is 30.3 Å². The van der Waals surface area contributed by atoms with Crippen LogP contribution >= 0.6 is 0 Å². The fourth-order valence-electron chi connectivity index (χ4n) is 1.69. The van der Waals surface area contributed by atoms with Crippen molar-refractivity contribution < 1.29 is 23.1 Å². The van der Waals surface area contributed by atoms with Crippen molar-refractivity contribution in [1.82, 2.24) is 0 Å². The van der Waals surface area contributed by atoms with E-state index in [1.165, 1.54) is 4.90 Å². The Balaban J connectivity index is 2.95. The van der Waals surface area contributed by atoms with Gasteiger partial charge in [-0.15, -0.1) is 0 Å². The van der Waals surface area contributed by atoms with Gasteiger partial charge in [-0.25, -0.2) is 0 Å². The Hall–Kier alpha value is -2.23. The van der Waals surface area contributed by atoms with E-state index in [1.807, 2.05) is 6.07 Å². The molecule has 0 heterocycles. The molecule has 1 N–H and O–H groups in total. The maximum absolute atomic E-state index is 12.7. The summed E-state index contributed by atoms with van der Waals surface area (Å²) in [7, 11) is 0. The fourth-order valence-corrected chi connectivity index (χ4v) is 1.69. The molecule has 0 amide bonds. The molecule has 0 spiro atoms. The normalized spacial score (nSPS) is 12.5. The lowest BCUT2D eigenvalue weighted by Crippen LogP contribution is -2.41. The maximum atomic E-state index is 12.7. The summed E-state index contributed by atoms with van der Waals surface area (Å²) in [6.45, 7) is -0.676. The molecule has 7 heteroatoms. The Bertz CT molecular complexity index is 483. The SMILES string of the molecule is N#CCCN(CC(C(=O)O)C(F)(F)F)c1ccccc1. The summed E-state index contributed by atoms with van der Waals surface area (Å²) < 4.78 is 38.1. The predicted octanol–water partition coefficient (Wildman–Crippen LogP) is 2.67. The molecule has 1 aromatic rings. The van der Waals surface area contributed by atoms with E-state index in [1.54, 1.807) is 30.3 Å². The van der Waals surface area contributed by atoms with Crippen molar-refractivity contribution in [3.8, 4) is 6.07 Å². The number of nitrogens with zero attached hydrogens (tertiary/aromatic N) is 2. The van der Waals surface area contributed by atoms with Crippen LogP contribution in [-0.2, 0) is 4.79 Å². The minimum Gasteiger partial charge on any atom is -0.481 e. The minimum atomic E-state index is -4.83. The summed E-state index contributed by atoms with van der Waals surface area (Å²) >= 11 is 0. The Morgan fingerprint density at radius 3 is 2.40 bits per heavy atom. The number of benzene rings is 1. The monoisotopic (exact) mass is 286 g/mol. The van der Waals surface area contributed by atoms with Gasteiger partial charge in [0, 0.05) is 18.8 Å². The van der Waals surface area contributed by atoms with Gasteiger partial charge in [0.1, 0.15) is 0 Å². The third-order valence-electron chi connectivity index (χ3n) is 2.71. The second-order valence-electron chi connectivity index (χ2n) is 4.12. The van der Waals surface area contributed by atoms with Gasteiger partial charge < -0.3 is 10.0 Å². The molecule has 0 fully saturated rings. The molecule has 0 aromatic heterocycles. The molecule has 20 heavy (non-hydrogen) atoms. The third kappa shape index (κ3) is 4.46. The number of nitriles is 1. The maximum Gasteiger partial charge on any atom is 0.403 e. The van der Waals surface area contributed by atoms with Gasteiger partial charge in [-0.05, 0) is 12.1 Å². The molecular weight excluding hydrogens is 273 g/mol. The van der Waals surface area contributed by atoms with Crippen molar-refractivity contribution in [2.24, 2.45) is 5.92 Å². The first-order chi connectivity index (χ1) is 9.36. The van der Waals surface area contributed by atoms with Crippen molar-refractivity contribution >= 4 is 11.7 Å². The van der Waals surface area contributed by atoms with E-state index in [0.717, 1.165) is 0 Å². The standard InChI is InChI=1S/C13H13F3N2O2/c14-13(15,16)11(12(19)20)9-18(8-4-7-17)10-5-2-1-3-6-10/h1-3,5-6,11H,4,8-9H2,(H,19,20). The predicted molar refractivity (Wildman–Crippen MR) is 66.1 cm³/mol. The first-order valence-corrected chi connectivity index (χ1v) is 5.82. The van der Waals surface area contributed by atoms with E-state index in [9.17, 15) is 18.0 Å². The zero-order valence-electron chi connectivity index (χ0n) is 10.5. The van der Waals surface area contributed by atoms with E-state index < -0.39 is 24.6 Å². The Morgan fingerprint density at radius 1 is 1.35 bits per heavy atom. The molecule has 1 rings (SSSR count). The summed E-state index contributed by atoms with van der Waals surface area (Å²) in [6, 6.07) is 9.96. The van der Waals surface area contributed by atoms with E-state index in [4.69, 9.17) is 10.4 Å². The van der Waals surface area contributed by atoms with E-state index in [-0.39, 0.29) is 13.0 Å². The lowest BCUT2D eigenvalue weighted by molar-refractivity contribution is -0.191. The molecule has 0 saturated heterocycles. The highest BCUT2D eigenvalue weighted by atomic mass is 19.4. The number of carboxylic acid groups (broad SMARTS) is 1. The topological polar surface area (TPSA) is 64.3 Å². The van der Waals surface area contributed by atoms with Gasteiger partial charge in [0.25, 0.3) is 0 Å². The van der Waals surface area contributed by atoms with Crippen molar-refractivity contribution in [3.63, 3.8) is 0 Å². The number of alkyl halides is 3. The van der Waals surface area contributed by atoms with Gasteiger partial charge in [-0.2, -0.15) is 18.4 Å². The van der Waals surface area contributed by atoms with Crippen molar-refractivity contribution in [2.75, 3.05) is 18.0 Å². The number of halogens is 3. The molecule has 1 aromatic carbocycles. The first kappa shape index (κ1) is 15.8. The second kappa shape index (κ2) is 6.80. The Labute approximate surface area is 114 Å². The number of anilines is 1. The lowest BCUT2D eigenvalue weighted by atomic mass is 10.1. The average Bonchev–Trinajstić information content (AvgIpc) is 2.38. The quantitative estimate of drug-likeness (QED) is 0.873. The van der Waals surface area contributed by atoms with E-state index in [0.29, 0.717) is 5.69 Å². The number of hydrogen-bond donors (Lipinski definition) is 1. The first-order valence-electron chi connectivity index (χ1n) is 5.82. The second-order valence-corrected chi connectivity index (χ2v) is 4.12. The van der Waals surface area contributed by atoms with Crippen molar-refractivity contribution in [2.45, 2.75) is 12.6 Å². The van der Waals surface area contributed by atoms with Crippen molar-refractivity contribution in [1.29, 1.82) is 5.26 Å². The summed E-state index contributed by atoms with van der Waals surface area (Å²) in [5.74, 6) is -4.41. The van der Waals surface area contributed by atoms with Gasteiger partial charge in [-0.3, -0.25) is 4.79 Å². The number of carboxylic acids is 1. The number of hydrogen-bond acceptors (Lipinski definition) is 3. The number of carbonyl (C=O) groups is 1. The molecule has 0 aliphatic heterocycles. The molecule has 0 aliphatic carbocycles. The molecule has 1 unspecified atom stereocenters. The molecule has 4 nitrogen and oxygen atoms in total. The van der Waals surface area contributed by atoms with Crippen LogP contribution in [0.4, 0.5) is 18.9 Å². The summed E-state index contributed by atoms with van der Waals surface area (Å²) in [5, 5.41) is 17.3. The van der Waals surface area contributed by atoms with E-state index >= 15 is 0 Å². The zero-order chi connectivity index (χ0) is 15.2. The molecule has 108 valence electrons. The van der Waals surface area contributed by atoms with Crippen LogP contribution in [0.5, 0.6) is 0 Å².